The molecule has 1 aliphatic heterocycles. The maximum absolute atomic E-state index is 14.1. The van der Waals surface area contributed by atoms with E-state index in [0.717, 1.165) is 18.2 Å². The highest BCUT2D eigenvalue weighted by Crippen LogP contribution is 2.53. The van der Waals surface area contributed by atoms with Crippen molar-refractivity contribution in [3.05, 3.63) is 101 Å². The number of benzene rings is 4. The van der Waals surface area contributed by atoms with E-state index in [0.29, 0.717) is 5.56 Å². The maximum atomic E-state index is 14.1. The van der Waals surface area contributed by atoms with E-state index in [1.807, 2.05) is 0 Å². The Kier molecular flexibility index (Phi) is 11.3. The summed E-state index contributed by atoms with van der Waals surface area (Å²) in [5.41, 5.74) is 0.905. The van der Waals surface area contributed by atoms with Gasteiger partial charge in [-0.05, 0) is 70.8 Å². The molecule has 1 unspecified atom stereocenters. The highest BCUT2D eigenvalue weighted by atomic mass is 16.6. The average molecular weight is 747 g/mol. The molecule has 0 fully saturated rings. The van der Waals surface area contributed by atoms with Crippen molar-refractivity contribution in [3.63, 3.8) is 0 Å². The molecule has 0 saturated heterocycles. The molecular formula is C38H34O16. The summed E-state index contributed by atoms with van der Waals surface area (Å²) in [5, 5.41) is 70.1. The summed E-state index contributed by atoms with van der Waals surface area (Å²) in [6, 6.07) is 14.3. The number of rotatable bonds is 14. The number of aromatic hydroxyl groups is 5. The number of hydrogen-bond donors (Lipinski definition) is 7. The molecule has 7 N–H and O–H groups in total. The van der Waals surface area contributed by atoms with Crippen LogP contribution in [-0.2, 0) is 41.5 Å². The number of carboxylic acids is 2. The van der Waals surface area contributed by atoms with Gasteiger partial charge in [0.2, 0.25) is 12.2 Å². The molecule has 4 aromatic rings. The fourth-order valence-corrected chi connectivity index (χ4v) is 5.80. The molecule has 54 heavy (non-hydrogen) atoms. The molecule has 0 saturated carbocycles. The molecule has 16 nitrogen and oxygen atoms in total. The van der Waals surface area contributed by atoms with Gasteiger partial charge >= 0.3 is 23.9 Å². The zero-order valence-corrected chi connectivity index (χ0v) is 28.5. The second-order valence-corrected chi connectivity index (χ2v) is 12.0. The summed E-state index contributed by atoms with van der Waals surface area (Å²) in [6.45, 7) is 0. The van der Waals surface area contributed by atoms with Gasteiger partial charge in [0.25, 0.3) is 0 Å². The van der Waals surface area contributed by atoms with Crippen molar-refractivity contribution >= 4 is 30.0 Å². The molecule has 4 atom stereocenters. The smallest absolute Gasteiger partial charge is 0.345 e. The topological polar surface area (TPSA) is 256 Å². The van der Waals surface area contributed by atoms with Gasteiger partial charge in [-0.25, -0.2) is 14.4 Å². The molecule has 1 aliphatic rings. The van der Waals surface area contributed by atoms with Gasteiger partial charge < -0.3 is 59.4 Å². The molecule has 0 aliphatic carbocycles. The molecule has 5 rings (SSSR count). The van der Waals surface area contributed by atoms with Crippen LogP contribution in [-0.4, -0.2) is 86.1 Å². The van der Waals surface area contributed by atoms with Crippen molar-refractivity contribution in [1.82, 2.24) is 0 Å². The van der Waals surface area contributed by atoms with Crippen LogP contribution in [0.2, 0.25) is 0 Å². The van der Waals surface area contributed by atoms with Gasteiger partial charge in [0.05, 0.1) is 14.2 Å². The predicted molar refractivity (Wildman–Crippen MR) is 185 cm³/mol. The van der Waals surface area contributed by atoms with E-state index in [2.05, 4.69) is 0 Å². The summed E-state index contributed by atoms with van der Waals surface area (Å²) < 4.78 is 27.1. The normalized spacial score (nSPS) is 15.7. The van der Waals surface area contributed by atoms with Gasteiger partial charge in [0.1, 0.15) is 12.0 Å². The van der Waals surface area contributed by atoms with E-state index in [1.165, 1.54) is 74.9 Å². The number of aliphatic carboxylic acids is 2. The minimum atomic E-state index is -1.76. The van der Waals surface area contributed by atoms with E-state index in [9.17, 15) is 54.9 Å². The molecule has 0 radical (unpaired) electrons. The van der Waals surface area contributed by atoms with Crippen LogP contribution in [0.4, 0.5) is 0 Å². The summed E-state index contributed by atoms with van der Waals surface area (Å²) in [7, 11) is 2.60. The van der Waals surface area contributed by atoms with Crippen LogP contribution in [0, 0.1) is 0 Å². The van der Waals surface area contributed by atoms with Gasteiger partial charge in [-0.3, -0.25) is 4.79 Å². The molecule has 0 amide bonds. The zero-order chi connectivity index (χ0) is 39.3. The van der Waals surface area contributed by atoms with Crippen molar-refractivity contribution in [3.8, 4) is 46.0 Å². The number of hydrogen-bond acceptors (Lipinski definition) is 14. The van der Waals surface area contributed by atoms with Gasteiger partial charge in [-0.2, -0.15) is 0 Å². The third kappa shape index (κ3) is 8.33. The second-order valence-electron chi connectivity index (χ2n) is 12.0. The third-order valence-corrected chi connectivity index (χ3v) is 8.45. The quantitative estimate of drug-likeness (QED) is 0.0548. The standard InChI is InChI=1S/C38H34O16/c1-50-27-14-19(4-9-23(27)40)16-30(37(47)48)53-38(49)33-32-20(5-11-25(42)35(32)54-34(33)21-6-10-24(41)28(17-21)51-2)7-12-31(44)52-29(36(45)46)15-18-3-8-22(39)26(43)13-18/h3-14,17,29-30,33-34,39-43H,15-16H2,1-2H3,(H,45,46)(H,47,48)/b12-7+/t29-,30-,33?,34-/m1/s1. The summed E-state index contributed by atoms with van der Waals surface area (Å²) >= 11 is 0. The zero-order valence-electron chi connectivity index (χ0n) is 28.5. The SMILES string of the molecule is COc1cc(C[C@@H](OC(=O)C2c3c(/C=C/C(=O)O[C@H](Cc4ccc(O)c(O)c4)C(=O)O)ccc(O)c3O[C@@H]2c2ccc(O)c(OC)c2)C(=O)O)ccc1O. The number of carboxylic acid groups (broad SMARTS) is 2. The van der Waals surface area contributed by atoms with Crippen molar-refractivity contribution in [2.45, 2.75) is 37.1 Å². The average Bonchev–Trinajstić information content (AvgIpc) is 3.55. The Labute approximate surface area is 306 Å². The summed E-state index contributed by atoms with van der Waals surface area (Å²) in [6.07, 6.45) is -3.43. The summed E-state index contributed by atoms with van der Waals surface area (Å²) in [4.78, 5) is 51.3. The van der Waals surface area contributed by atoms with Crippen LogP contribution in [0.5, 0.6) is 46.0 Å². The lowest BCUT2D eigenvalue weighted by atomic mass is 9.87. The number of methoxy groups -OCH3 is 2. The number of phenolic OH excluding ortho intramolecular Hbond substituents is 5. The first-order valence-electron chi connectivity index (χ1n) is 16.0. The molecular weight excluding hydrogens is 712 g/mol. The van der Waals surface area contributed by atoms with Crippen LogP contribution in [0.1, 0.15) is 39.8 Å². The van der Waals surface area contributed by atoms with Crippen molar-refractivity contribution in [2.24, 2.45) is 0 Å². The van der Waals surface area contributed by atoms with E-state index in [1.54, 1.807) is 0 Å². The first-order valence-corrected chi connectivity index (χ1v) is 16.0. The van der Waals surface area contributed by atoms with E-state index < -0.39 is 65.4 Å². The van der Waals surface area contributed by atoms with Gasteiger partial charge in [-0.1, -0.05) is 24.3 Å². The largest absolute Gasteiger partial charge is 0.504 e. The first-order chi connectivity index (χ1) is 25.7. The van der Waals surface area contributed by atoms with Crippen LogP contribution < -0.4 is 14.2 Å². The minimum absolute atomic E-state index is 0.00597. The first kappa shape index (κ1) is 38.1. The third-order valence-electron chi connectivity index (χ3n) is 8.45. The maximum Gasteiger partial charge on any atom is 0.345 e. The second kappa shape index (κ2) is 16.1. The van der Waals surface area contributed by atoms with Crippen LogP contribution >= 0.6 is 0 Å². The van der Waals surface area contributed by atoms with Crippen molar-refractivity contribution < 1.29 is 78.6 Å². The number of carbonyl (C=O) groups excluding carboxylic acids is 2. The molecule has 1 heterocycles. The van der Waals surface area contributed by atoms with Crippen LogP contribution in [0.25, 0.3) is 6.08 Å². The Hall–Kier alpha value is -7.10. The Balaban J connectivity index is 1.49. The van der Waals surface area contributed by atoms with Crippen LogP contribution in [0.15, 0.2) is 72.8 Å². The Morgan fingerprint density at radius 1 is 0.685 bits per heavy atom. The number of phenols is 5. The molecule has 4 aromatic carbocycles. The van der Waals surface area contributed by atoms with Crippen LogP contribution in [0.3, 0.4) is 0 Å². The predicted octanol–water partition coefficient (Wildman–Crippen LogP) is 3.94. The minimum Gasteiger partial charge on any atom is -0.504 e. The number of carbonyl (C=O) groups is 4. The lowest BCUT2D eigenvalue weighted by molar-refractivity contribution is -0.166. The number of esters is 2. The molecule has 0 aromatic heterocycles. The summed E-state index contributed by atoms with van der Waals surface area (Å²) in [5.74, 6) is -8.69. The van der Waals surface area contributed by atoms with Gasteiger partial charge in [0, 0.05) is 24.5 Å². The molecule has 0 bridgehead atoms. The van der Waals surface area contributed by atoms with Gasteiger partial charge in [0.15, 0.2) is 46.0 Å². The van der Waals surface area contributed by atoms with E-state index >= 15 is 0 Å². The fourth-order valence-electron chi connectivity index (χ4n) is 5.80. The van der Waals surface area contributed by atoms with E-state index in [4.69, 9.17) is 23.7 Å². The number of ether oxygens (including phenoxy) is 5. The highest BCUT2D eigenvalue weighted by molar-refractivity contribution is 5.92. The monoisotopic (exact) mass is 746 g/mol. The van der Waals surface area contributed by atoms with Crippen molar-refractivity contribution in [1.29, 1.82) is 0 Å². The Morgan fingerprint density at radius 2 is 1.24 bits per heavy atom. The Bertz CT molecular complexity index is 2120. The van der Waals surface area contributed by atoms with Gasteiger partial charge in [-0.15, -0.1) is 0 Å². The highest BCUT2D eigenvalue weighted by Gasteiger charge is 2.46. The molecule has 16 heteroatoms. The van der Waals surface area contributed by atoms with Crippen molar-refractivity contribution in [2.75, 3.05) is 14.2 Å². The van der Waals surface area contributed by atoms with E-state index in [-0.39, 0.29) is 63.8 Å². The molecule has 0 spiro atoms. The lowest BCUT2D eigenvalue weighted by Crippen LogP contribution is -2.33. The Morgan fingerprint density at radius 3 is 1.85 bits per heavy atom. The lowest BCUT2D eigenvalue weighted by Gasteiger charge is -2.22. The number of fused-ring (bicyclic) bond motifs is 1. The fraction of sp³-hybridized carbons (Fsp3) is 0.211. The molecule has 282 valence electrons.